The molecule has 1 heterocycles. The van der Waals surface area contributed by atoms with Crippen LogP contribution < -0.4 is 0 Å². The quantitative estimate of drug-likeness (QED) is 0.670. The molecule has 0 unspecified atom stereocenters. The highest BCUT2D eigenvalue weighted by molar-refractivity contribution is 9.10. The highest BCUT2D eigenvalue weighted by Gasteiger charge is 2.20. The van der Waals surface area contributed by atoms with E-state index in [9.17, 15) is 9.18 Å². The molecule has 72 valence electrons. The minimum absolute atomic E-state index is 0.0177. The molecule has 0 saturated carbocycles. The average molecular weight is 276 g/mol. The summed E-state index contributed by atoms with van der Waals surface area (Å²) in [6, 6.07) is 1.43. The van der Waals surface area contributed by atoms with Gasteiger partial charge in [-0.05, 0) is 22.0 Å². The molecule has 1 aromatic carbocycles. The van der Waals surface area contributed by atoms with E-state index < -0.39 is 5.82 Å². The summed E-state index contributed by atoms with van der Waals surface area (Å²) >= 11 is 8.87. The Labute approximate surface area is 92.9 Å². The Morgan fingerprint density at radius 1 is 1.57 bits per heavy atom. The molecule has 0 fully saturated rings. The molecule has 0 N–H and O–H groups in total. The first-order chi connectivity index (χ1) is 6.59. The van der Waals surface area contributed by atoms with Crippen LogP contribution >= 0.6 is 27.5 Å². The van der Waals surface area contributed by atoms with Gasteiger partial charge in [-0.2, -0.15) is 0 Å². The number of halogens is 3. The summed E-state index contributed by atoms with van der Waals surface area (Å²) in [6.07, 6.45) is 1.19. The van der Waals surface area contributed by atoms with Crippen molar-refractivity contribution in [3.05, 3.63) is 26.9 Å². The average Bonchev–Trinajstić information content (AvgIpc) is 2.14. The van der Waals surface area contributed by atoms with E-state index in [0.717, 1.165) is 0 Å². The summed E-state index contributed by atoms with van der Waals surface area (Å²) in [5.74, 6) is -0.680. The van der Waals surface area contributed by atoms with Crippen molar-refractivity contribution >= 4 is 45.2 Å². The highest BCUT2D eigenvalue weighted by Crippen LogP contribution is 2.37. The summed E-state index contributed by atoms with van der Waals surface area (Å²) in [7, 11) is 0. The Morgan fingerprint density at radius 3 is 3.00 bits per heavy atom. The molecule has 0 aromatic heterocycles. The molecular weight excluding hydrogens is 272 g/mol. The molecule has 2 rings (SSSR count). The minimum Gasteiger partial charge on any atom is -0.293 e. The zero-order valence-electron chi connectivity index (χ0n) is 6.85. The molecule has 0 atom stereocenters. The second-order valence-electron chi connectivity index (χ2n) is 2.88. The van der Waals surface area contributed by atoms with E-state index in [2.05, 4.69) is 20.9 Å². The van der Waals surface area contributed by atoms with Crippen LogP contribution in [0.15, 0.2) is 15.5 Å². The Bertz CT molecular complexity index is 459. The zero-order chi connectivity index (χ0) is 10.3. The predicted octanol–water partition coefficient (Wildman–Crippen LogP) is 3.07. The van der Waals surface area contributed by atoms with Gasteiger partial charge >= 0.3 is 0 Å². The molecule has 0 amide bonds. The van der Waals surface area contributed by atoms with E-state index in [4.69, 9.17) is 11.6 Å². The first-order valence-corrected chi connectivity index (χ1v) is 5.00. The van der Waals surface area contributed by atoms with Gasteiger partial charge in [0.25, 0.3) is 0 Å². The second kappa shape index (κ2) is 3.44. The third-order valence-corrected chi connectivity index (χ3v) is 2.79. The Hall–Kier alpha value is -0.740. The normalized spacial score (nSPS) is 14.4. The van der Waals surface area contributed by atoms with Gasteiger partial charge in [0.1, 0.15) is 5.82 Å². The van der Waals surface area contributed by atoms with E-state index in [-0.39, 0.29) is 22.2 Å². The van der Waals surface area contributed by atoms with Crippen LogP contribution in [-0.2, 0) is 11.2 Å². The molecule has 14 heavy (non-hydrogen) atoms. The van der Waals surface area contributed by atoms with Crippen LogP contribution in [0.25, 0.3) is 0 Å². The summed E-state index contributed by atoms with van der Waals surface area (Å²) in [5, 5.41) is 0.344. The van der Waals surface area contributed by atoms with Crippen LogP contribution in [0.3, 0.4) is 0 Å². The number of Topliss-reactive ketones (excluding diaryl/α,β-unsaturated/α-hetero) is 1. The number of ketones is 1. The largest absolute Gasteiger partial charge is 0.293 e. The van der Waals surface area contributed by atoms with Crippen LogP contribution in [0.1, 0.15) is 5.56 Å². The van der Waals surface area contributed by atoms with Crippen molar-refractivity contribution in [1.29, 1.82) is 0 Å². The minimum atomic E-state index is -0.463. The van der Waals surface area contributed by atoms with E-state index in [1.54, 1.807) is 0 Å². The monoisotopic (exact) mass is 275 g/mol. The van der Waals surface area contributed by atoms with Crippen LogP contribution in [0.2, 0.25) is 5.02 Å². The van der Waals surface area contributed by atoms with E-state index in [0.29, 0.717) is 10.7 Å². The number of aliphatic imine (C=N–C) groups is 1. The van der Waals surface area contributed by atoms with Gasteiger partial charge in [0, 0.05) is 12.0 Å². The van der Waals surface area contributed by atoms with Crippen molar-refractivity contribution in [1.82, 2.24) is 0 Å². The van der Waals surface area contributed by atoms with Crippen molar-refractivity contribution in [2.75, 3.05) is 0 Å². The Morgan fingerprint density at radius 2 is 2.29 bits per heavy atom. The van der Waals surface area contributed by atoms with Gasteiger partial charge < -0.3 is 0 Å². The summed E-state index contributed by atoms with van der Waals surface area (Å²) in [5.41, 5.74) is 0.615. The van der Waals surface area contributed by atoms with E-state index >= 15 is 0 Å². The molecule has 1 aromatic rings. The first-order valence-electron chi connectivity index (χ1n) is 3.83. The van der Waals surface area contributed by atoms with Crippen molar-refractivity contribution < 1.29 is 9.18 Å². The number of carbonyl (C=O) groups excluding carboxylic acids is 1. The van der Waals surface area contributed by atoms with Crippen LogP contribution in [0.4, 0.5) is 10.1 Å². The number of hydrogen-bond acceptors (Lipinski definition) is 2. The lowest BCUT2D eigenvalue weighted by atomic mass is 10.0. The molecule has 0 bridgehead atoms. The lowest BCUT2D eigenvalue weighted by molar-refractivity contribution is -0.112. The predicted molar refractivity (Wildman–Crippen MR) is 56.0 cm³/mol. The third kappa shape index (κ3) is 1.48. The summed E-state index contributed by atoms with van der Waals surface area (Å²) in [4.78, 5) is 14.8. The molecule has 1 aliphatic rings. The molecule has 0 saturated heterocycles. The maximum Gasteiger partial charge on any atom is 0.178 e. The maximum absolute atomic E-state index is 13.5. The smallest absolute Gasteiger partial charge is 0.178 e. The van der Waals surface area contributed by atoms with Crippen molar-refractivity contribution in [2.45, 2.75) is 6.42 Å². The summed E-state index contributed by atoms with van der Waals surface area (Å²) < 4.78 is 13.8. The Kier molecular flexibility index (Phi) is 2.41. The van der Waals surface area contributed by atoms with Crippen molar-refractivity contribution in [3.63, 3.8) is 0 Å². The molecule has 2 nitrogen and oxygen atoms in total. The van der Waals surface area contributed by atoms with Crippen molar-refractivity contribution in [3.8, 4) is 0 Å². The first kappa shape index (κ1) is 9.80. The number of nitrogens with zero attached hydrogens (tertiary/aromatic N) is 1. The molecule has 1 aliphatic heterocycles. The van der Waals surface area contributed by atoms with Crippen LogP contribution in [0, 0.1) is 5.82 Å². The van der Waals surface area contributed by atoms with Gasteiger partial charge in [0.05, 0.1) is 21.4 Å². The molecule has 5 heteroatoms. The number of hydrogen-bond donors (Lipinski definition) is 0. The lowest BCUT2D eigenvalue weighted by Gasteiger charge is -2.12. The fourth-order valence-corrected chi connectivity index (χ4v) is 2.16. The van der Waals surface area contributed by atoms with Crippen LogP contribution in [0.5, 0.6) is 0 Å². The third-order valence-electron chi connectivity index (χ3n) is 1.93. The Balaban J connectivity index is 2.72. The zero-order valence-corrected chi connectivity index (χ0v) is 9.19. The number of rotatable bonds is 0. The van der Waals surface area contributed by atoms with Gasteiger partial charge in [0.15, 0.2) is 5.78 Å². The maximum atomic E-state index is 13.5. The number of carbonyl (C=O) groups is 1. The standard InChI is InChI=1S/C9H4BrClFNO/c10-6-2-7(11)9-5(8(6)12)1-4(14)3-13-9/h2-3H,1H2. The topological polar surface area (TPSA) is 29.4 Å². The van der Waals surface area contributed by atoms with Gasteiger partial charge in [-0.25, -0.2) is 4.39 Å². The summed E-state index contributed by atoms with van der Waals surface area (Å²) in [6.45, 7) is 0. The fourth-order valence-electron chi connectivity index (χ4n) is 1.29. The lowest BCUT2D eigenvalue weighted by Crippen LogP contribution is -2.10. The molecule has 0 aliphatic carbocycles. The van der Waals surface area contributed by atoms with Crippen molar-refractivity contribution in [2.24, 2.45) is 4.99 Å². The van der Waals surface area contributed by atoms with Gasteiger partial charge in [-0.1, -0.05) is 11.6 Å². The van der Waals surface area contributed by atoms with E-state index in [1.165, 1.54) is 12.3 Å². The van der Waals surface area contributed by atoms with Gasteiger partial charge in [0.2, 0.25) is 0 Å². The molecule has 0 spiro atoms. The molecular formula is C9H4BrClFNO. The van der Waals surface area contributed by atoms with E-state index in [1.807, 2.05) is 0 Å². The number of fused-ring (bicyclic) bond motifs is 1. The second-order valence-corrected chi connectivity index (χ2v) is 4.14. The SMILES string of the molecule is O=C1C=Nc2c(Cl)cc(Br)c(F)c2C1. The van der Waals surface area contributed by atoms with Gasteiger partial charge in [-0.3, -0.25) is 9.79 Å². The van der Waals surface area contributed by atoms with Gasteiger partial charge in [-0.15, -0.1) is 0 Å². The number of benzene rings is 1. The molecule has 0 radical (unpaired) electrons. The fraction of sp³-hybridized carbons (Fsp3) is 0.111. The van der Waals surface area contributed by atoms with Crippen LogP contribution in [-0.4, -0.2) is 12.0 Å². The highest BCUT2D eigenvalue weighted by atomic mass is 79.9.